The van der Waals surface area contributed by atoms with E-state index in [0.717, 1.165) is 18.4 Å². The van der Waals surface area contributed by atoms with Crippen molar-refractivity contribution in [2.45, 2.75) is 46.0 Å². The molecule has 0 bridgehead atoms. The van der Waals surface area contributed by atoms with Gasteiger partial charge in [0.15, 0.2) is 0 Å². The summed E-state index contributed by atoms with van der Waals surface area (Å²) in [6, 6.07) is 5.32. The number of amides is 1. The maximum Gasteiger partial charge on any atom is 0.275 e. The van der Waals surface area contributed by atoms with Crippen LogP contribution in [0.25, 0.3) is 0 Å². The van der Waals surface area contributed by atoms with Gasteiger partial charge in [-0.15, -0.1) is 0 Å². The topological polar surface area (TPSA) is 58.6 Å². The summed E-state index contributed by atoms with van der Waals surface area (Å²) in [6.07, 6.45) is 2.03. The highest BCUT2D eigenvalue weighted by molar-refractivity contribution is 5.96. The Balaban J connectivity index is 3.19. The second-order valence-corrected chi connectivity index (χ2v) is 5.57. The second-order valence-electron chi connectivity index (χ2n) is 5.57. The van der Waals surface area contributed by atoms with E-state index in [1.54, 1.807) is 17.6 Å². The molecule has 0 aromatic heterocycles. The van der Waals surface area contributed by atoms with Gasteiger partial charge in [-0.1, -0.05) is 40.2 Å². The molecule has 0 saturated heterocycles. The third kappa shape index (κ3) is 3.96. The molecule has 1 amide bonds. The number of hydrogen-bond donors (Lipinski definition) is 2. The minimum atomic E-state index is -0.508. The summed E-state index contributed by atoms with van der Waals surface area (Å²) in [6.45, 7) is 8.78. The molecule has 106 valence electrons. The monoisotopic (exact) mass is 265 g/mol. The van der Waals surface area contributed by atoms with E-state index in [4.69, 9.17) is 9.94 Å². The number of nitrogens with one attached hydrogen (secondary N) is 1. The average molecular weight is 265 g/mol. The Labute approximate surface area is 114 Å². The van der Waals surface area contributed by atoms with Crippen molar-refractivity contribution in [3.05, 3.63) is 29.3 Å². The first kappa shape index (κ1) is 15.5. The number of ether oxygens (including phenoxy) is 1. The highest BCUT2D eigenvalue weighted by atomic mass is 16.5. The van der Waals surface area contributed by atoms with E-state index in [1.165, 1.54) is 0 Å². The Morgan fingerprint density at radius 1 is 1.37 bits per heavy atom. The normalized spacial score (nSPS) is 11.2. The summed E-state index contributed by atoms with van der Waals surface area (Å²) in [7, 11) is 0. The van der Waals surface area contributed by atoms with Gasteiger partial charge in [-0.05, 0) is 24.0 Å². The number of rotatable bonds is 5. The van der Waals surface area contributed by atoms with Crippen LogP contribution in [-0.2, 0) is 5.41 Å². The van der Waals surface area contributed by atoms with Gasteiger partial charge in [0.1, 0.15) is 5.75 Å². The minimum Gasteiger partial charge on any atom is -0.493 e. The van der Waals surface area contributed by atoms with Crippen molar-refractivity contribution in [1.82, 2.24) is 5.48 Å². The van der Waals surface area contributed by atoms with E-state index in [0.29, 0.717) is 17.9 Å². The molecule has 0 aliphatic carbocycles. The van der Waals surface area contributed by atoms with Crippen molar-refractivity contribution in [3.8, 4) is 5.75 Å². The molecule has 2 N–H and O–H groups in total. The van der Waals surface area contributed by atoms with Gasteiger partial charge in [-0.3, -0.25) is 10.0 Å². The molecule has 0 atom stereocenters. The number of carbonyl (C=O) groups excluding carboxylic acids is 1. The van der Waals surface area contributed by atoms with Crippen LogP contribution in [0.15, 0.2) is 18.2 Å². The first-order valence-electron chi connectivity index (χ1n) is 6.62. The van der Waals surface area contributed by atoms with E-state index in [-0.39, 0.29) is 5.41 Å². The van der Waals surface area contributed by atoms with E-state index in [1.807, 2.05) is 26.8 Å². The van der Waals surface area contributed by atoms with Crippen molar-refractivity contribution in [1.29, 1.82) is 0 Å². The first-order chi connectivity index (χ1) is 8.91. The third-order valence-corrected chi connectivity index (χ3v) is 2.88. The SMILES string of the molecule is CCCCOc1cccc(C(=O)NO)c1C(C)(C)C. The van der Waals surface area contributed by atoms with E-state index >= 15 is 0 Å². The molecule has 0 fully saturated rings. The molecule has 4 nitrogen and oxygen atoms in total. The molecule has 0 spiro atoms. The van der Waals surface area contributed by atoms with E-state index in [2.05, 4.69) is 6.92 Å². The predicted octanol–water partition coefficient (Wildman–Crippen LogP) is 3.28. The van der Waals surface area contributed by atoms with Crippen LogP contribution in [0.3, 0.4) is 0 Å². The molecule has 0 unspecified atom stereocenters. The van der Waals surface area contributed by atoms with Gasteiger partial charge >= 0.3 is 0 Å². The summed E-state index contributed by atoms with van der Waals surface area (Å²) >= 11 is 0. The van der Waals surface area contributed by atoms with Crippen LogP contribution in [0.4, 0.5) is 0 Å². The molecule has 4 heteroatoms. The summed E-state index contributed by atoms with van der Waals surface area (Å²) in [5.41, 5.74) is 2.71. The smallest absolute Gasteiger partial charge is 0.275 e. The van der Waals surface area contributed by atoms with Gasteiger partial charge in [0.25, 0.3) is 5.91 Å². The van der Waals surface area contributed by atoms with Crippen LogP contribution in [0, 0.1) is 0 Å². The average Bonchev–Trinajstić information content (AvgIpc) is 2.36. The lowest BCUT2D eigenvalue weighted by molar-refractivity contribution is 0.0703. The van der Waals surface area contributed by atoms with Crippen LogP contribution in [0.2, 0.25) is 0 Å². The fraction of sp³-hybridized carbons (Fsp3) is 0.533. The van der Waals surface area contributed by atoms with E-state index in [9.17, 15) is 4.79 Å². The Morgan fingerprint density at radius 2 is 2.05 bits per heavy atom. The largest absolute Gasteiger partial charge is 0.493 e. The Hall–Kier alpha value is -1.55. The zero-order valence-electron chi connectivity index (χ0n) is 12.1. The maximum atomic E-state index is 11.7. The van der Waals surface area contributed by atoms with Crippen molar-refractivity contribution in [3.63, 3.8) is 0 Å². The standard InChI is InChI=1S/C15H23NO3/c1-5-6-10-19-12-9-7-8-11(14(17)16-18)13(12)15(2,3)4/h7-9,18H,5-6,10H2,1-4H3,(H,16,17). The fourth-order valence-electron chi connectivity index (χ4n) is 2.00. The third-order valence-electron chi connectivity index (χ3n) is 2.88. The molecule has 0 aliphatic rings. The van der Waals surface area contributed by atoms with Gasteiger partial charge in [0.2, 0.25) is 0 Å². The minimum absolute atomic E-state index is 0.245. The molecule has 0 saturated carbocycles. The highest BCUT2D eigenvalue weighted by Crippen LogP contribution is 2.34. The molecule has 1 aromatic carbocycles. The Morgan fingerprint density at radius 3 is 2.58 bits per heavy atom. The van der Waals surface area contributed by atoms with E-state index < -0.39 is 5.91 Å². The van der Waals surface area contributed by atoms with Crippen molar-refractivity contribution in [2.24, 2.45) is 0 Å². The quantitative estimate of drug-likeness (QED) is 0.488. The van der Waals surface area contributed by atoms with Gasteiger partial charge in [0, 0.05) is 11.1 Å². The lowest BCUT2D eigenvalue weighted by Crippen LogP contribution is -2.25. The summed E-state index contributed by atoms with van der Waals surface area (Å²) in [5.74, 6) is 0.202. The van der Waals surface area contributed by atoms with Gasteiger partial charge in [-0.2, -0.15) is 0 Å². The van der Waals surface area contributed by atoms with Crippen LogP contribution in [0.5, 0.6) is 5.75 Å². The summed E-state index contributed by atoms with van der Waals surface area (Å²) in [4.78, 5) is 11.7. The number of carbonyl (C=O) groups is 1. The number of benzene rings is 1. The zero-order chi connectivity index (χ0) is 14.5. The van der Waals surface area contributed by atoms with Gasteiger partial charge in [-0.25, -0.2) is 5.48 Å². The molecule has 0 heterocycles. The summed E-state index contributed by atoms with van der Waals surface area (Å²) < 4.78 is 5.78. The molecule has 0 radical (unpaired) electrons. The maximum absolute atomic E-state index is 11.7. The molecular formula is C15H23NO3. The van der Waals surface area contributed by atoms with Crippen LogP contribution in [-0.4, -0.2) is 17.7 Å². The lowest BCUT2D eigenvalue weighted by atomic mass is 9.82. The molecule has 1 rings (SSSR count). The fourth-order valence-corrected chi connectivity index (χ4v) is 2.00. The molecule has 1 aromatic rings. The van der Waals surface area contributed by atoms with Crippen molar-refractivity contribution >= 4 is 5.91 Å². The first-order valence-corrected chi connectivity index (χ1v) is 6.62. The van der Waals surface area contributed by atoms with Gasteiger partial charge in [0.05, 0.1) is 6.61 Å². The molecule has 0 aliphatic heterocycles. The number of hydrogen-bond acceptors (Lipinski definition) is 3. The molecule has 19 heavy (non-hydrogen) atoms. The summed E-state index contributed by atoms with van der Waals surface area (Å²) in [5, 5.41) is 8.84. The lowest BCUT2D eigenvalue weighted by Gasteiger charge is -2.25. The van der Waals surface area contributed by atoms with Gasteiger partial charge < -0.3 is 4.74 Å². The Bertz CT molecular complexity index is 436. The van der Waals surface area contributed by atoms with Crippen molar-refractivity contribution in [2.75, 3.05) is 6.61 Å². The molecular weight excluding hydrogens is 242 g/mol. The van der Waals surface area contributed by atoms with Crippen LogP contribution < -0.4 is 10.2 Å². The second kappa shape index (κ2) is 6.57. The number of unbranched alkanes of at least 4 members (excludes halogenated alkanes) is 1. The van der Waals surface area contributed by atoms with Crippen molar-refractivity contribution < 1.29 is 14.7 Å². The van der Waals surface area contributed by atoms with Crippen LogP contribution in [0.1, 0.15) is 56.5 Å². The van der Waals surface area contributed by atoms with Crippen LogP contribution >= 0.6 is 0 Å². The highest BCUT2D eigenvalue weighted by Gasteiger charge is 2.25. The predicted molar refractivity (Wildman–Crippen MR) is 74.8 cm³/mol. The number of hydroxylamine groups is 1. The zero-order valence-corrected chi connectivity index (χ0v) is 12.1. The Kier molecular flexibility index (Phi) is 5.36.